The molecular weight excluding hydrogens is 250 g/mol. The number of hydrogen-bond acceptors (Lipinski definition) is 2. The Morgan fingerprint density at radius 2 is 2.30 bits per heavy atom. The average molecular weight is 271 g/mol. The summed E-state index contributed by atoms with van der Waals surface area (Å²) < 4.78 is 0. The fourth-order valence-electron chi connectivity index (χ4n) is 3.14. The number of piperidine rings is 1. The average Bonchev–Trinajstić information content (AvgIpc) is 2.96. The Bertz CT molecular complexity index is 603. The molecule has 4 nitrogen and oxygen atoms in total. The molecule has 1 aromatic carbocycles. The van der Waals surface area contributed by atoms with Gasteiger partial charge in [-0.15, -0.1) is 0 Å². The van der Waals surface area contributed by atoms with Gasteiger partial charge in [-0.05, 0) is 44.5 Å². The number of fused-ring (bicyclic) bond motifs is 1. The lowest BCUT2D eigenvalue weighted by molar-refractivity contribution is 0.0617. The van der Waals surface area contributed by atoms with Gasteiger partial charge in [0.2, 0.25) is 0 Å². The van der Waals surface area contributed by atoms with E-state index < -0.39 is 0 Å². The zero-order valence-electron chi connectivity index (χ0n) is 11.9. The summed E-state index contributed by atoms with van der Waals surface area (Å²) in [6, 6.07) is 8.19. The number of amides is 1. The highest BCUT2D eigenvalue weighted by atomic mass is 16.2. The second-order valence-electron chi connectivity index (χ2n) is 5.45. The highest BCUT2D eigenvalue weighted by molar-refractivity contribution is 6.06. The van der Waals surface area contributed by atoms with Crippen LogP contribution in [0.4, 0.5) is 0 Å². The molecule has 1 unspecified atom stereocenters. The maximum atomic E-state index is 12.9. The molecule has 0 spiro atoms. The molecule has 1 aliphatic heterocycles. The van der Waals surface area contributed by atoms with E-state index in [0.29, 0.717) is 6.04 Å². The third-order valence-electron chi connectivity index (χ3n) is 4.15. The number of nitrogens with one attached hydrogen (secondary N) is 2. The molecule has 1 fully saturated rings. The van der Waals surface area contributed by atoms with Gasteiger partial charge in [-0.1, -0.05) is 6.07 Å². The number of nitrogens with zero attached hydrogens (tertiary/aromatic N) is 1. The zero-order valence-corrected chi connectivity index (χ0v) is 11.9. The van der Waals surface area contributed by atoms with E-state index in [1.165, 1.54) is 6.42 Å². The predicted molar refractivity (Wildman–Crippen MR) is 80.9 cm³/mol. The van der Waals surface area contributed by atoms with Crippen LogP contribution in [0.3, 0.4) is 0 Å². The summed E-state index contributed by atoms with van der Waals surface area (Å²) in [5.74, 6) is 0.162. The Hall–Kier alpha value is -1.81. The van der Waals surface area contributed by atoms with Gasteiger partial charge in [0.05, 0.1) is 0 Å². The number of carbonyl (C=O) groups excluding carboxylic acids is 1. The molecule has 106 valence electrons. The highest BCUT2D eigenvalue weighted by Crippen LogP contribution is 2.23. The van der Waals surface area contributed by atoms with Crippen molar-refractivity contribution >= 4 is 16.8 Å². The fourth-order valence-corrected chi connectivity index (χ4v) is 3.14. The Balaban J connectivity index is 1.92. The van der Waals surface area contributed by atoms with Crippen LogP contribution < -0.4 is 5.32 Å². The van der Waals surface area contributed by atoms with Gasteiger partial charge in [0.1, 0.15) is 0 Å². The normalized spacial score (nSPS) is 19.4. The Morgan fingerprint density at radius 3 is 3.15 bits per heavy atom. The molecule has 1 amide bonds. The number of carbonyl (C=O) groups is 1. The molecular formula is C16H21N3O. The first-order valence-corrected chi connectivity index (χ1v) is 7.33. The monoisotopic (exact) mass is 271 g/mol. The third-order valence-corrected chi connectivity index (χ3v) is 4.15. The van der Waals surface area contributed by atoms with E-state index in [0.717, 1.165) is 42.4 Å². The predicted octanol–water partition coefficient (Wildman–Crippen LogP) is 2.38. The van der Waals surface area contributed by atoms with Crippen molar-refractivity contribution in [3.05, 3.63) is 36.0 Å². The molecule has 1 saturated heterocycles. The van der Waals surface area contributed by atoms with Crippen molar-refractivity contribution in [3.8, 4) is 0 Å². The molecule has 2 heterocycles. The van der Waals surface area contributed by atoms with Gasteiger partial charge in [0.15, 0.2) is 0 Å². The molecule has 1 atom stereocenters. The van der Waals surface area contributed by atoms with Crippen molar-refractivity contribution in [1.29, 1.82) is 0 Å². The van der Waals surface area contributed by atoms with Crippen molar-refractivity contribution in [2.45, 2.75) is 25.3 Å². The summed E-state index contributed by atoms with van der Waals surface area (Å²) in [7, 11) is 1.95. The van der Waals surface area contributed by atoms with Crippen molar-refractivity contribution in [3.63, 3.8) is 0 Å². The van der Waals surface area contributed by atoms with E-state index in [4.69, 9.17) is 0 Å². The fraction of sp³-hybridized carbons (Fsp3) is 0.438. The molecule has 3 rings (SSSR count). The van der Waals surface area contributed by atoms with Crippen LogP contribution in [0.5, 0.6) is 0 Å². The van der Waals surface area contributed by atoms with E-state index in [1.54, 1.807) is 0 Å². The topological polar surface area (TPSA) is 48.1 Å². The lowest BCUT2D eigenvalue weighted by atomic mass is 10.00. The van der Waals surface area contributed by atoms with Gasteiger partial charge in [-0.25, -0.2) is 0 Å². The third kappa shape index (κ3) is 2.31. The largest absolute Gasteiger partial charge is 0.361 e. The van der Waals surface area contributed by atoms with E-state index in [9.17, 15) is 4.79 Å². The molecule has 0 radical (unpaired) electrons. The van der Waals surface area contributed by atoms with Crippen LogP contribution in [0.25, 0.3) is 10.9 Å². The summed E-state index contributed by atoms with van der Waals surface area (Å²) in [5.41, 5.74) is 1.84. The van der Waals surface area contributed by atoms with Gasteiger partial charge in [0, 0.05) is 41.8 Å². The number of likely N-dealkylation sites (tertiary alicyclic amines) is 1. The van der Waals surface area contributed by atoms with E-state index >= 15 is 0 Å². The quantitative estimate of drug-likeness (QED) is 0.900. The molecule has 0 saturated carbocycles. The van der Waals surface area contributed by atoms with Crippen molar-refractivity contribution in [2.24, 2.45) is 0 Å². The Kier molecular flexibility index (Phi) is 3.74. The smallest absolute Gasteiger partial charge is 0.254 e. The standard InChI is InChI=1S/C16H21N3O/c1-17-11-12-5-2-3-10-19(12)16(20)14-6-4-7-15-13(14)8-9-18-15/h4,6-9,12,17-18H,2-3,5,10-11H2,1H3. The lowest BCUT2D eigenvalue weighted by Crippen LogP contribution is -2.48. The summed E-state index contributed by atoms with van der Waals surface area (Å²) in [6.45, 7) is 1.74. The molecule has 1 aliphatic rings. The summed E-state index contributed by atoms with van der Waals surface area (Å²) in [6.07, 6.45) is 5.30. The molecule has 0 bridgehead atoms. The number of aromatic nitrogens is 1. The lowest BCUT2D eigenvalue weighted by Gasteiger charge is -2.36. The second-order valence-corrected chi connectivity index (χ2v) is 5.45. The van der Waals surface area contributed by atoms with Crippen LogP contribution in [0.15, 0.2) is 30.5 Å². The van der Waals surface area contributed by atoms with Crippen LogP contribution in [-0.2, 0) is 0 Å². The number of aromatic amines is 1. The number of hydrogen-bond donors (Lipinski definition) is 2. The molecule has 1 aromatic heterocycles. The maximum Gasteiger partial charge on any atom is 0.254 e. The van der Waals surface area contributed by atoms with Gasteiger partial charge in [-0.2, -0.15) is 0 Å². The van der Waals surface area contributed by atoms with Crippen LogP contribution in [-0.4, -0.2) is 42.0 Å². The number of rotatable bonds is 3. The molecule has 0 aliphatic carbocycles. The SMILES string of the molecule is CNCC1CCCCN1C(=O)c1cccc2[nH]ccc12. The van der Waals surface area contributed by atoms with Crippen LogP contribution in [0, 0.1) is 0 Å². The summed E-state index contributed by atoms with van der Waals surface area (Å²) in [4.78, 5) is 18.1. The maximum absolute atomic E-state index is 12.9. The zero-order chi connectivity index (χ0) is 13.9. The number of H-pyrrole nitrogens is 1. The minimum Gasteiger partial charge on any atom is -0.361 e. The van der Waals surface area contributed by atoms with Crippen molar-refractivity contribution in [2.75, 3.05) is 20.1 Å². The molecule has 20 heavy (non-hydrogen) atoms. The Labute approximate surface area is 119 Å². The molecule has 4 heteroatoms. The summed E-state index contributed by atoms with van der Waals surface area (Å²) in [5, 5.41) is 4.23. The van der Waals surface area contributed by atoms with Gasteiger partial charge < -0.3 is 15.2 Å². The first-order valence-electron chi connectivity index (χ1n) is 7.33. The van der Waals surface area contributed by atoms with Crippen molar-refractivity contribution < 1.29 is 4.79 Å². The van der Waals surface area contributed by atoms with Gasteiger partial charge in [-0.3, -0.25) is 4.79 Å². The van der Waals surface area contributed by atoms with Crippen LogP contribution in [0.1, 0.15) is 29.6 Å². The van der Waals surface area contributed by atoms with Crippen LogP contribution >= 0.6 is 0 Å². The first kappa shape index (κ1) is 13.2. The first-order chi connectivity index (χ1) is 9.81. The Morgan fingerprint density at radius 1 is 1.40 bits per heavy atom. The minimum absolute atomic E-state index is 0.162. The summed E-state index contributed by atoms with van der Waals surface area (Å²) >= 11 is 0. The molecule has 2 aromatic rings. The van der Waals surface area contributed by atoms with E-state index in [2.05, 4.69) is 10.3 Å². The van der Waals surface area contributed by atoms with Gasteiger partial charge >= 0.3 is 0 Å². The van der Waals surface area contributed by atoms with Crippen molar-refractivity contribution in [1.82, 2.24) is 15.2 Å². The number of benzene rings is 1. The van der Waals surface area contributed by atoms with E-state index in [-0.39, 0.29) is 5.91 Å². The molecule has 2 N–H and O–H groups in total. The second kappa shape index (κ2) is 5.67. The van der Waals surface area contributed by atoms with Crippen LogP contribution in [0.2, 0.25) is 0 Å². The highest BCUT2D eigenvalue weighted by Gasteiger charge is 2.27. The number of likely N-dealkylation sites (N-methyl/N-ethyl adjacent to an activating group) is 1. The van der Waals surface area contributed by atoms with E-state index in [1.807, 2.05) is 42.4 Å². The minimum atomic E-state index is 0.162. The van der Waals surface area contributed by atoms with Gasteiger partial charge in [0.25, 0.3) is 5.91 Å².